The van der Waals surface area contributed by atoms with Crippen molar-refractivity contribution in [2.45, 2.75) is 24.1 Å². The first-order valence-corrected chi connectivity index (χ1v) is 10.2. The van der Waals surface area contributed by atoms with E-state index in [1.165, 1.54) is 11.3 Å². The van der Waals surface area contributed by atoms with Gasteiger partial charge in [-0.05, 0) is 36.8 Å². The SMILES string of the molecule is Cc1ccc(CNC(=O)c2cc3c(s2)-c2ccccc2S(=O)(=O)C3)o1. The molecule has 0 saturated carbocycles. The zero-order valence-electron chi connectivity index (χ0n) is 13.4. The molecule has 7 heteroatoms. The number of hydrogen-bond acceptors (Lipinski definition) is 5. The first-order chi connectivity index (χ1) is 11.9. The van der Waals surface area contributed by atoms with Gasteiger partial charge in [-0.15, -0.1) is 11.3 Å². The van der Waals surface area contributed by atoms with Crippen molar-refractivity contribution in [1.29, 1.82) is 0 Å². The van der Waals surface area contributed by atoms with Crippen LogP contribution in [0.4, 0.5) is 0 Å². The van der Waals surface area contributed by atoms with Crippen LogP contribution in [0.3, 0.4) is 0 Å². The Bertz CT molecular complexity index is 1080. The Morgan fingerprint density at radius 1 is 1.24 bits per heavy atom. The first kappa shape index (κ1) is 16.1. The van der Waals surface area contributed by atoms with E-state index >= 15 is 0 Å². The van der Waals surface area contributed by atoms with Gasteiger partial charge in [0.05, 0.1) is 22.1 Å². The predicted octanol–water partition coefficient (Wildman–Crippen LogP) is 3.53. The average Bonchev–Trinajstić information content (AvgIpc) is 3.18. The molecule has 3 heterocycles. The van der Waals surface area contributed by atoms with E-state index in [0.717, 1.165) is 10.6 Å². The third kappa shape index (κ3) is 2.89. The quantitative estimate of drug-likeness (QED) is 0.762. The minimum Gasteiger partial charge on any atom is -0.465 e. The highest BCUT2D eigenvalue weighted by molar-refractivity contribution is 7.91. The van der Waals surface area contributed by atoms with Crippen molar-refractivity contribution < 1.29 is 17.6 Å². The molecule has 0 bridgehead atoms. The lowest BCUT2D eigenvalue weighted by molar-refractivity contribution is 0.0952. The van der Waals surface area contributed by atoms with Crippen LogP contribution in [-0.4, -0.2) is 14.3 Å². The molecule has 4 rings (SSSR count). The molecule has 1 aliphatic rings. The number of thiophene rings is 1. The standard InChI is InChI=1S/C18H15NO4S2/c1-11-6-7-13(23-11)9-19-18(20)15-8-12-10-25(21,22)16-5-3-2-4-14(16)17(12)24-15/h2-8H,9-10H2,1H3,(H,19,20). The number of hydrogen-bond donors (Lipinski definition) is 1. The smallest absolute Gasteiger partial charge is 0.261 e. The molecule has 0 unspecified atom stereocenters. The van der Waals surface area contributed by atoms with E-state index in [1.54, 1.807) is 24.3 Å². The molecular formula is C18H15NO4S2. The first-order valence-electron chi connectivity index (χ1n) is 7.72. The number of nitrogens with one attached hydrogen (secondary N) is 1. The van der Waals surface area contributed by atoms with Crippen molar-refractivity contribution >= 4 is 27.1 Å². The molecule has 0 radical (unpaired) electrons. The molecule has 0 spiro atoms. The normalized spacial score (nSPS) is 14.6. The maximum absolute atomic E-state index is 12.4. The second kappa shape index (κ2) is 5.86. The van der Waals surface area contributed by atoms with Crippen LogP contribution in [0.1, 0.15) is 26.8 Å². The summed E-state index contributed by atoms with van der Waals surface area (Å²) in [5.41, 5.74) is 1.36. The Labute approximate surface area is 149 Å². The minimum atomic E-state index is -3.36. The highest BCUT2D eigenvalue weighted by Crippen LogP contribution is 2.42. The van der Waals surface area contributed by atoms with Crippen molar-refractivity contribution in [3.05, 3.63) is 64.4 Å². The van der Waals surface area contributed by atoms with Crippen LogP contribution in [-0.2, 0) is 22.1 Å². The van der Waals surface area contributed by atoms with Crippen molar-refractivity contribution in [3.63, 3.8) is 0 Å². The van der Waals surface area contributed by atoms with Crippen LogP contribution >= 0.6 is 11.3 Å². The molecule has 5 nitrogen and oxygen atoms in total. The van der Waals surface area contributed by atoms with Crippen LogP contribution in [0, 0.1) is 6.92 Å². The van der Waals surface area contributed by atoms with E-state index in [2.05, 4.69) is 5.32 Å². The number of carbonyl (C=O) groups excluding carboxylic acids is 1. The van der Waals surface area contributed by atoms with Crippen LogP contribution in [0.15, 0.2) is 51.8 Å². The van der Waals surface area contributed by atoms with E-state index in [9.17, 15) is 13.2 Å². The fourth-order valence-corrected chi connectivity index (χ4v) is 5.79. The van der Waals surface area contributed by atoms with Gasteiger partial charge in [-0.25, -0.2) is 8.42 Å². The van der Waals surface area contributed by atoms with Crippen molar-refractivity contribution in [2.75, 3.05) is 0 Å². The molecule has 0 fully saturated rings. The van der Waals surface area contributed by atoms with Crippen LogP contribution < -0.4 is 5.32 Å². The summed E-state index contributed by atoms with van der Waals surface area (Å²) in [5.74, 6) is 1.17. The third-order valence-corrected chi connectivity index (χ3v) is 6.99. The number of rotatable bonds is 3. The Hall–Kier alpha value is -2.38. The lowest BCUT2D eigenvalue weighted by Crippen LogP contribution is -2.21. The Balaban J connectivity index is 1.63. The zero-order chi connectivity index (χ0) is 17.6. The molecule has 1 N–H and O–H groups in total. The summed E-state index contributed by atoms with van der Waals surface area (Å²) in [6.45, 7) is 2.14. The van der Waals surface area contributed by atoms with Gasteiger partial charge >= 0.3 is 0 Å². The van der Waals surface area contributed by atoms with Gasteiger partial charge in [0.2, 0.25) is 0 Å². The number of sulfone groups is 1. The highest BCUT2D eigenvalue weighted by atomic mass is 32.2. The van der Waals surface area contributed by atoms with Gasteiger partial charge in [0.15, 0.2) is 9.84 Å². The molecule has 0 aliphatic carbocycles. The van der Waals surface area contributed by atoms with Gasteiger partial charge in [-0.2, -0.15) is 0 Å². The van der Waals surface area contributed by atoms with E-state index < -0.39 is 9.84 Å². The number of amides is 1. The van der Waals surface area contributed by atoms with Crippen LogP contribution in [0.25, 0.3) is 10.4 Å². The van der Waals surface area contributed by atoms with Crippen LogP contribution in [0.5, 0.6) is 0 Å². The third-order valence-electron chi connectivity index (χ3n) is 4.06. The maximum atomic E-state index is 12.4. The molecule has 1 aliphatic heterocycles. The van der Waals surface area contributed by atoms with E-state index in [1.807, 2.05) is 25.1 Å². The summed E-state index contributed by atoms with van der Waals surface area (Å²) in [6.07, 6.45) is 0. The molecule has 25 heavy (non-hydrogen) atoms. The van der Waals surface area contributed by atoms with Gasteiger partial charge in [-0.3, -0.25) is 4.79 Å². The molecule has 128 valence electrons. The van der Waals surface area contributed by atoms with Crippen molar-refractivity contribution in [2.24, 2.45) is 0 Å². The summed E-state index contributed by atoms with van der Waals surface area (Å²) in [4.78, 5) is 14.1. The monoisotopic (exact) mass is 373 g/mol. The van der Waals surface area contributed by atoms with Crippen molar-refractivity contribution in [1.82, 2.24) is 5.32 Å². The number of carbonyl (C=O) groups is 1. The highest BCUT2D eigenvalue weighted by Gasteiger charge is 2.30. The average molecular weight is 373 g/mol. The van der Waals surface area contributed by atoms with Crippen molar-refractivity contribution in [3.8, 4) is 10.4 Å². The topological polar surface area (TPSA) is 76.4 Å². The lowest BCUT2D eigenvalue weighted by Gasteiger charge is -2.15. The summed E-state index contributed by atoms with van der Waals surface area (Å²) in [5, 5.41) is 2.81. The molecule has 0 saturated heterocycles. The van der Waals surface area contributed by atoms with Gasteiger partial charge in [-0.1, -0.05) is 18.2 Å². The fourth-order valence-electron chi connectivity index (χ4n) is 2.92. The molecule has 1 amide bonds. The number of fused-ring (bicyclic) bond motifs is 3. The molecule has 1 aromatic carbocycles. The summed E-state index contributed by atoms with van der Waals surface area (Å²) < 4.78 is 30.3. The Morgan fingerprint density at radius 3 is 2.80 bits per heavy atom. The molecule has 3 aromatic rings. The summed E-state index contributed by atoms with van der Waals surface area (Å²) >= 11 is 1.32. The van der Waals surface area contributed by atoms with E-state index in [4.69, 9.17) is 4.42 Å². The zero-order valence-corrected chi connectivity index (χ0v) is 15.0. The summed E-state index contributed by atoms with van der Waals surface area (Å²) in [7, 11) is -3.36. The van der Waals surface area contributed by atoms with Gasteiger partial charge in [0, 0.05) is 10.4 Å². The van der Waals surface area contributed by atoms with Gasteiger partial charge in [0.1, 0.15) is 11.5 Å². The number of benzene rings is 1. The largest absolute Gasteiger partial charge is 0.465 e. The van der Waals surface area contributed by atoms with Gasteiger partial charge in [0.25, 0.3) is 5.91 Å². The molecular weight excluding hydrogens is 358 g/mol. The Morgan fingerprint density at radius 2 is 2.04 bits per heavy atom. The summed E-state index contributed by atoms with van der Waals surface area (Å²) in [6, 6.07) is 12.3. The van der Waals surface area contributed by atoms with Crippen LogP contribution in [0.2, 0.25) is 0 Å². The maximum Gasteiger partial charge on any atom is 0.261 e. The minimum absolute atomic E-state index is 0.0689. The Kier molecular flexibility index (Phi) is 3.77. The number of furan rings is 1. The fraction of sp³-hybridized carbons (Fsp3) is 0.167. The molecule has 2 aromatic heterocycles. The number of aryl methyl sites for hydroxylation is 1. The van der Waals surface area contributed by atoms with Gasteiger partial charge < -0.3 is 9.73 Å². The van der Waals surface area contributed by atoms with E-state index in [0.29, 0.717) is 33.2 Å². The van der Waals surface area contributed by atoms with E-state index in [-0.39, 0.29) is 11.7 Å². The molecule has 0 atom stereocenters. The predicted molar refractivity (Wildman–Crippen MR) is 95.3 cm³/mol. The second-order valence-electron chi connectivity index (χ2n) is 5.92. The second-order valence-corrected chi connectivity index (χ2v) is 8.93. The lowest BCUT2D eigenvalue weighted by atomic mass is 10.1.